The van der Waals surface area contributed by atoms with Crippen molar-refractivity contribution in [1.82, 2.24) is 9.55 Å². The largest absolute Gasteiger partial charge is 0.468 e. The number of methoxy groups -OCH3 is 2. The molecule has 0 fully saturated rings. The van der Waals surface area contributed by atoms with E-state index in [-0.39, 0.29) is 11.9 Å². The molecule has 0 N–H and O–H groups in total. The van der Waals surface area contributed by atoms with Crippen molar-refractivity contribution in [2.75, 3.05) is 20.8 Å². The van der Waals surface area contributed by atoms with E-state index < -0.39 is 0 Å². The van der Waals surface area contributed by atoms with Gasteiger partial charge in [-0.2, -0.15) is 4.98 Å². The molecule has 1 aromatic carbocycles. The normalized spacial score (nSPS) is 12.4. The van der Waals surface area contributed by atoms with E-state index in [9.17, 15) is 4.39 Å². The van der Waals surface area contributed by atoms with Crippen LogP contribution in [0.1, 0.15) is 31.4 Å². The van der Waals surface area contributed by atoms with Gasteiger partial charge in [-0.15, -0.1) is 0 Å². The lowest BCUT2D eigenvalue weighted by Crippen LogP contribution is -2.11. The zero-order valence-corrected chi connectivity index (χ0v) is 14.7. The maximum Gasteiger partial charge on any atom is 0.296 e. The summed E-state index contributed by atoms with van der Waals surface area (Å²) in [6.45, 7) is 4.43. The molecule has 0 radical (unpaired) electrons. The number of imidazole rings is 1. The lowest BCUT2D eigenvalue weighted by atomic mass is 10.1. The zero-order chi connectivity index (χ0) is 17.0. The first-order valence-electron chi connectivity index (χ1n) is 7.59. The van der Waals surface area contributed by atoms with Gasteiger partial charge in [-0.3, -0.25) is 4.57 Å². The predicted molar refractivity (Wildman–Crippen MR) is 89.7 cm³/mol. The van der Waals surface area contributed by atoms with Crippen molar-refractivity contribution in [2.45, 2.75) is 32.7 Å². The fraction of sp³-hybridized carbons (Fsp3) is 0.471. The molecule has 1 unspecified atom stereocenters. The van der Waals surface area contributed by atoms with Gasteiger partial charge in [0.1, 0.15) is 5.82 Å². The topological polar surface area (TPSA) is 36.3 Å². The molecule has 126 valence electrons. The molecular weight excluding hydrogens is 319 g/mol. The Balaban J connectivity index is 2.44. The lowest BCUT2D eigenvalue weighted by Gasteiger charge is -2.17. The molecule has 0 saturated carbocycles. The average molecular weight is 341 g/mol. The molecule has 1 aromatic heterocycles. The van der Waals surface area contributed by atoms with Crippen molar-refractivity contribution in [3.8, 4) is 17.3 Å². The van der Waals surface area contributed by atoms with E-state index in [0.29, 0.717) is 34.5 Å². The number of hydrogen-bond donors (Lipinski definition) is 0. The second-order valence-corrected chi connectivity index (χ2v) is 5.85. The van der Waals surface area contributed by atoms with Gasteiger partial charge in [0.25, 0.3) is 6.01 Å². The van der Waals surface area contributed by atoms with Crippen LogP contribution < -0.4 is 4.74 Å². The van der Waals surface area contributed by atoms with Gasteiger partial charge < -0.3 is 9.47 Å². The minimum Gasteiger partial charge on any atom is -0.468 e. The number of hydrogen-bond acceptors (Lipinski definition) is 3. The molecule has 0 saturated heterocycles. The van der Waals surface area contributed by atoms with Crippen LogP contribution in [0.4, 0.5) is 4.39 Å². The Labute approximate surface area is 141 Å². The van der Waals surface area contributed by atoms with Gasteiger partial charge >= 0.3 is 0 Å². The van der Waals surface area contributed by atoms with E-state index in [1.807, 2.05) is 10.8 Å². The number of rotatable bonds is 7. The van der Waals surface area contributed by atoms with Crippen LogP contribution in [0.3, 0.4) is 0 Å². The summed E-state index contributed by atoms with van der Waals surface area (Å²) in [7, 11) is 3.25. The Morgan fingerprint density at radius 1 is 1.35 bits per heavy atom. The fourth-order valence-electron chi connectivity index (χ4n) is 2.56. The predicted octanol–water partition coefficient (Wildman–Crippen LogP) is 4.65. The smallest absolute Gasteiger partial charge is 0.296 e. The molecule has 0 spiro atoms. The number of halogens is 2. The van der Waals surface area contributed by atoms with E-state index in [4.69, 9.17) is 21.1 Å². The Morgan fingerprint density at radius 2 is 2.09 bits per heavy atom. The molecule has 0 amide bonds. The highest BCUT2D eigenvalue weighted by atomic mass is 35.5. The van der Waals surface area contributed by atoms with Crippen molar-refractivity contribution in [3.63, 3.8) is 0 Å². The Hall–Kier alpha value is -1.59. The third-order valence-electron chi connectivity index (χ3n) is 3.93. The third-order valence-corrected chi connectivity index (χ3v) is 4.24. The van der Waals surface area contributed by atoms with Gasteiger partial charge in [-0.1, -0.05) is 18.5 Å². The Bertz CT molecular complexity index is 673. The minimum atomic E-state index is -0.302. The maximum absolute atomic E-state index is 13.9. The molecule has 2 aromatic rings. The van der Waals surface area contributed by atoms with Crippen LogP contribution in [0, 0.1) is 12.7 Å². The van der Waals surface area contributed by atoms with Crippen LogP contribution in [0.25, 0.3) is 11.3 Å². The molecule has 0 aliphatic carbocycles. The fourth-order valence-corrected chi connectivity index (χ4v) is 2.87. The summed E-state index contributed by atoms with van der Waals surface area (Å²) in [4.78, 5) is 4.46. The summed E-state index contributed by atoms with van der Waals surface area (Å²) in [5.41, 5.74) is 1.67. The summed E-state index contributed by atoms with van der Waals surface area (Å²) >= 11 is 6.26. The minimum absolute atomic E-state index is 0.195. The number of ether oxygens (including phenoxy) is 2. The molecule has 6 heteroatoms. The van der Waals surface area contributed by atoms with Crippen LogP contribution in [0.5, 0.6) is 6.01 Å². The van der Waals surface area contributed by atoms with Crippen molar-refractivity contribution in [2.24, 2.45) is 0 Å². The van der Waals surface area contributed by atoms with Gasteiger partial charge in [0.05, 0.1) is 17.8 Å². The molecule has 2 rings (SSSR count). The van der Waals surface area contributed by atoms with Gasteiger partial charge in [-0.05, 0) is 37.5 Å². The Morgan fingerprint density at radius 3 is 2.70 bits per heavy atom. The molecule has 0 aliphatic rings. The lowest BCUT2D eigenvalue weighted by molar-refractivity contribution is 0.174. The van der Waals surface area contributed by atoms with Crippen LogP contribution in [0.15, 0.2) is 18.3 Å². The number of nitrogens with zero attached hydrogens (tertiary/aromatic N) is 2. The molecule has 0 bridgehead atoms. The quantitative estimate of drug-likeness (QED) is 0.736. The first kappa shape index (κ1) is 17.8. The van der Waals surface area contributed by atoms with Crippen molar-refractivity contribution >= 4 is 11.6 Å². The number of aryl methyl sites for hydroxylation is 1. The highest BCUT2D eigenvalue weighted by Crippen LogP contribution is 2.33. The molecule has 0 aliphatic heterocycles. The van der Waals surface area contributed by atoms with Gasteiger partial charge in [-0.25, -0.2) is 4.39 Å². The second-order valence-electron chi connectivity index (χ2n) is 5.44. The van der Waals surface area contributed by atoms with Crippen molar-refractivity contribution in [1.29, 1.82) is 0 Å². The van der Waals surface area contributed by atoms with E-state index >= 15 is 0 Å². The monoisotopic (exact) mass is 340 g/mol. The van der Waals surface area contributed by atoms with Crippen LogP contribution in [0.2, 0.25) is 5.02 Å². The van der Waals surface area contributed by atoms with E-state index in [1.165, 1.54) is 6.07 Å². The van der Waals surface area contributed by atoms with E-state index in [2.05, 4.69) is 11.9 Å². The summed E-state index contributed by atoms with van der Waals surface area (Å²) < 4.78 is 26.4. The van der Waals surface area contributed by atoms with Gasteiger partial charge in [0.15, 0.2) is 0 Å². The van der Waals surface area contributed by atoms with Gasteiger partial charge in [0, 0.05) is 31.5 Å². The standard InChI is InChI=1S/C17H22ClFN2O2/c1-5-12(6-7-22-3)21-10-16(20-17(21)23-4)13-9-15(19)11(2)8-14(13)18/h8-10,12H,5-7H2,1-4H3. The molecule has 1 atom stereocenters. The summed E-state index contributed by atoms with van der Waals surface area (Å²) in [5.74, 6) is -0.302. The SMILES string of the molecule is CCC(CCOC)n1cc(-c2cc(F)c(C)cc2Cl)nc1OC. The highest BCUT2D eigenvalue weighted by Gasteiger charge is 2.19. The second kappa shape index (κ2) is 7.79. The summed E-state index contributed by atoms with van der Waals surface area (Å²) in [6.07, 6.45) is 3.61. The van der Waals surface area contributed by atoms with E-state index in [0.717, 1.165) is 12.8 Å². The van der Waals surface area contributed by atoms with Crippen LogP contribution in [-0.2, 0) is 4.74 Å². The number of aromatic nitrogens is 2. The average Bonchev–Trinajstić information content (AvgIpc) is 2.95. The third kappa shape index (κ3) is 3.85. The van der Waals surface area contributed by atoms with E-state index in [1.54, 1.807) is 27.2 Å². The summed E-state index contributed by atoms with van der Waals surface area (Å²) in [6, 6.07) is 3.71. The zero-order valence-electron chi connectivity index (χ0n) is 13.9. The van der Waals surface area contributed by atoms with Crippen molar-refractivity contribution in [3.05, 3.63) is 34.7 Å². The molecular formula is C17H22ClFN2O2. The molecule has 1 heterocycles. The Kier molecular flexibility index (Phi) is 6.02. The molecule has 23 heavy (non-hydrogen) atoms. The van der Waals surface area contributed by atoms with Gasteiger partial charge in [0.2, 0.25) is 0 Å². The van der Waals surface area contributed by atoms with Crippen LogP contribution >= 0.6 is 11.6 Å². The highest BCUT2D eigenvalue weighted by molar-refractivity contribution is 6.33. The summed E-state index contributed by atoms with van der Waals surface area (Å²) in [5, 5.41) is 0.473. The molecule has 4 nitrogen and oxygen atoms in total. The van der Waals surface area contributed by atoms with Crippen LogP contribution in [-0.4, -0.2) is 30.4 Å². The van der Waals surface area contributed by atoms with Crippen molar-refractivity contribution < 1.29 is 13.9 Å². The maximum atomic E-state index is 13.9. The first-order valence-corrected chi connectivity index (χ1v) is 7.97. The first-order chi connectivity index (χ1) is 11.0. The number of benzene rings is 1.